The Labute approximate surface area is 172 Å². The van der Waals surface area contributed by atoms with Crippen LogP contribution in [0.15, 0.2) is 18.2 Å². The number of amides is 4. The number of nitrogens with zero attached hydrogens (tertiary/aromatic N) is 3. The van der Waals surface area contributed by atoms with Crippen molar-refractivity contribution in [1.82, 2.24) is 14.8 Å². The summed E-state index contributed by atoms with van der Waals surface area (Å²) in [5.74, 6) is -0.440. The van der Waals surface area contributed by atoms with Gasteiger partial charge in [0.05, 0.1) is 10.6 Å². The van der Waals surface area contributed by atoms with Gasteiger partial charge < -0.3 is 15.5 Å². The zero-order valence-corrected chi connectivity index (χ0v) is 17.2. The number of likely N-dealkylation sites (N-methyl/N-ethyl adjacent to an activating group) is 1. The molecule has 1 aromatic heterocycles. The highest BCUT2D eigenvalue weighted by Gasteiger charge is 2.33. The van der Waals surface area contributed by atoms with Gasteiger partial charge in [0.15, 0.2) is 5.13 Å². The van der Waals surface area contributed by atoms with Gasteiger partial charge in [-0.25, -0.2) is 9.78 Å². The molecule has 152 valence electrons. The number of nitrogens with two attached hydrogens (primary N) is 1. The quantitative estimate of drug-likeness (QED) is 0.804. The molecule has 1 aromatic carbocycles. The summed E-state index contributed by atoms with van der Waals surface area (Å²) >= 11 is 1.38. The van der Waals surface area contributed by atoms with Gasteiger partial charge in [-0.2, -0.15) is 0 Å². The Morgan fingerprint density at radius 2 is 2.10 bits per heavy atom. The molecular formula is C20H23N5O3S. The molecule has 29 heavy (non-hydrogen) atoms. The fraction of sp³-hybridized carbons (Fsp3) is 0.400. The van der Waals surface area contributed by atoms with Crippen LogP contribution >= 0.6 is 11.3 Å². The Hall–Kier alpha value is -2.94. The minimum Gasteiger partial charge on any atom is -0.368 e. The number of aryl methyl sites for hydroxylation is 1. The zero-order chi connectivity index (χ0) is 20.7. The van der Waals surface area contributed by atoms with Gasteiger partial charge in [0.25, 0.3) is 5.91 Å². The number of primary amides is 1. The molecule has 0 radical (unpaired) electrons. The van der Waals surface area contributed by atoms with Gasteiger partial charge in [-0.15, -0.1) is 0 Å². The number of aromatic nitrogens is 1. The molecular weight excluding hydrogens is 390 g/mol. The number of anilines is 1. The Balaban J connectivity index is 1.55. The van der Waals surface area contributed by atoms with E-state index in [4.69, 9.17) is 5.73 Å². The molecule has 0 aliphatic carbocycles. The second-order valence-corrected chi connectivity index (χ2v) is 8.47. The van der Waals surface area contributed by atoms with E-state index < -0.39 is 11.9 Å². The molecule has 2 aliphatic heterocycles. The molecule has 1 fully saturated rings. The summed E-state index contributed by atoms with van der Waals surface area (Å²) in [6, 6.07) is 4.90. The maximum atomic E-state index is 12.6. The van der Waals surface area contributed by atoms with Crippen LogP contribution in [0.5, 0.6) is 0 Å². The lowest BCUT2D eigenvalue weighted by atomic mass is 9.96. The van der Waals surface area contributed by atoms with E-state index in [1.165, 1.54) is 16.2 Å². The van der Waals surface area contributed by atoms with Crippen molar-refractivity contribution in [3.05, 3.63) is 35.0 Å². The van der Waals surface area contributed by atoms with Crippen molar-refractivity contribution in [3.8, 4) is 10.4 Å². The van der Waals surface area contributed by atoms with Crippen molar-refractivity contribution in [2.24, 2.45) is 5.73 Å². The minimum absolute atomic E-state index is 0.0430. The third-order valence-corrected chi connectivity index (χ3v) is 6.64. The van der Waals surface area contributed by atoms with E-state index >= 15 is 0 Å². The number of thiazole rings is 1. The molecule has 0 spiro atoms. The van der Waals surface area contributed by atoms with Crippen LogP contribution in [0.4, 0.5) is 9.93 Å². The van der Waals surface area contributed by atoms with Crippen LogP contribution in [0.3, 0.4) is 0 Å². The molecule has 1 unspecified atom stereocenters. The van der Waals surface area contributed by atoms with Gasteiger partial charge in [0.2, 0.25) is 5.91 Å². The predicted octanol–water partition coefficient (Wildman–Crippen LogP) is 2.23. The maximum Gasteiger partial charge on any atom is 0.324 e. The third-order valence-electron chi connectivity index (χ3n) is 5.51. The first-order chi connectivity index (χ1) is 13.8. The van der Waals surface area contributed by atoms with Crippen LogP contribution in [0.1, 0.15) is 34.5 Å². The first-order valence-corrected chi connectivity index (χ1v) is 10.4. The highest BCUT2D eigenvalue weighted by Crippen LogP contribution is 2.35. The molecule has 9 heteroatoms. The highest BCUT2D eigenvalue weighted by atomic mass is 32.1. The summed E-state index contributed by atoms with van der Waals surface area (Å²) in [6.07, 6.45) is 2.16. The Morgan fingerprint density at radius 1 is 1.31 bits per heavy atom. The largest absolute Gasteiger partial charge is 0.368 e. The first-order valence-electron chi connectivity index (χ1n) is 9.58. The summed E-state index contributed by atoms with van der Waals surface area (Å²) in [6.45, 7) is 3.10. The number of nitrogens with one attached hydrogen (secondary N) is 1. The molecule has 4 amide bonds. The number of hydrogen-bond donors (Lipinski definition) is 2. The lowest BCUT2D eigenvalue weighted by Gasteiger charge is -2.25. The van der Waals surface area contributed by atoms with Crippen molar-refractivity contribution >= 4 is 34.3 Å². The molecule has 1 atom stereocenters. The topological polar surface area (TPSA) is 109 Å². The van der Waals surface area contributed by atoms with Crippen molar-refractivity contribution in [2.75, 3.05) is 25.5 Å². The van der Waals surface area contributed by atoms with Crippen LogP contribution in [0.25, 0.3) is 10.4 Å². The van der Waals surface area contributed by atoms with Gasteiger partial charge >= 0.3 is 6.03 Å². The van der Waals surface area contributed by atoms with Gasteiger partial charge in [0, 0.05) is 25.7 Å². The van der Waals surface area contributed by atoms with Gasteiger partial charge in [-0.05, 0) is 49.4 Å². The predicted molar refractivity (Wildman–Crippen MR) is 111 cm³/mol. The van der Waals surface area contributed by atoms with E-state index in [1.54, 1.807) is 4.90 Å². The second-order valence-electron chi connectivity index (χ2n) is 7.47. The van der Waals surface area contributed by atoms with E-state index in [9.17, 15) is 14.4 Å². The number of fused-ring (bicyclic) bond motifs is 1. The molecule has 3 N–H and O–H groups in total. The highest BCUT2D eigenvalue weighted by molar-refractivity contribution is 7.19. The standard InChI is InChI=1S/C20H23N5O3S/c1-11-16(13-5-6-14-12(10-13)7-9-24(2)18(14)27)29-19(22-11)23-20(28)25-8-3-4-15(25)17(21)26/h5-6,10,15H,3-4,7-9H2,1-2H3,(H2,21,26)(H,22,23,28). The molecule has 4 rings (SSSR count). The maximum absolute atomic E-state index is 12.6. The summed E-state index contributed by atoms with van der Waals surface area (Å²) in [7, 11) is 1.81. The molecule has 2 aliphatic rings. The number of benzene rings is 1. The van der Waals surface area contributed by atoms with E-state index in [1.807, 2.05) is 32.2 Å². The van der Waals surface area contributed by atoms with E-state index in [-0.39, 0.29) is 11.9 Å². The summed E-state index contributed by atoms with van der Waals surface area (Å²) in [4.78, 5) is 45.0. The van der Waals surface area contributed by atoms with Crippen molar-refractivity contribution in [1.29, 1.82) is 0 Å². The fourth-order valence-corrected chi connectivity index (χ4v) is 4.88. The number of hydrogen-bond acceptors (Lipinski definition) is 5. The Morgan fingerprint density at radius 3 is 2.86 bits per heavy atom. The fourth-order valence-electron chi connectivity index (χ4n) is 3.93. The molecule has 0 saturated carbocycles. The van der Waals surface area contributed by atoms with E-state index in [2.05, 4.69) is 10.3 Å². The van der Waals surface area contributed by atoms with Gasteiger partial charge in [0.1, 0.15) is 6.04 Å². The number of rotatable bonds is 3. The van der Waals surface area contributed by atoms with Crippen LogP contribution in [0.2, 0.25) is 0 Å². The van der Waals surface area contributed by atoms with E-state index in [0.717, 1.165) is 40.1 Å². The van der Waals surface area contributed by atoms with Crippen molar-refractivity contribution in [3.63, 3.8) is 0 Å². The zero-order valence-electron chi connectivity index (χ0n) is 16.4. The molecule has 2 aromatic rings. The number of likely N-dealkylation sites (tertiary alicyclic amines) is 1. The van der Waals surface area contributed by atoms with Crippen LogP contribution in [-0.4, -0.2) is 58.8 Å². The number of carbonyl (C=O) groups excluding carboxylic acids is 3. The van der Waals surface area contributed by atoms with E-state index in [0.29, 0.717) is 24.6 Å². The lowest BCUT2D eigenvalue weighted by Crippen LogP contribution is -2.45. The van der Waals surface area contributed by atoms with Crippen molar-refractivity contribution in [2.45, 2.75) is 32.2 Å². The van der Waals surface area contributed by atoms with Crippen LogP contribution < -0.4 is 11.1 Å². The average Bonchev–Trinajstić information content (AvgIpc) is 3.31. The molecule has 3 heterocycles. The molecule has 1 saturated heterocycles. The third kappa shape index (κ3) is 3.57. The smallest absolute Gasteiger partial charge is 0.324 e. The number of urea groups is 1. The van der Waals surface area contributed by atoms with Crippen LogP contribution in [0, 0.1) is 6.92 Å². The first kappa shape index (κ1) is 19.4. The second kappa shape index (κ2) is 7.47. The lowest BCUT2D eigenvalue weighted by molar-refractivity contribution is -0.121. The summed E-state index contributed by atoms with van der Waals surface area (Å²) in [5.41, 5.74) is 8.95. The van der Waals surface area contributed by atoms with Gasteiger partial charge in [-0.1, -0.05) is 17.4 Å². The minimum atomic E-state index is -0.563. The van der Waals surface area contributed by atoms with Gasteiger partial charge in [-0.3, -0.25) is 14.9 Å². The summed E-state index contributed by atoms with van der Waals surface area (Å²) in [5, 5.41) is 3.28. The number of carbonyl (C=O) groups is 3. The Kier molecular flexibility index (Phi) is 4.99. The Bertz CT molecular complexity index is 1000. The van der Waals surface area contributed by atoms with Crippen molar-refractivity contribution < 1.29 is 14.4 Å². The summed E-state index contributed by atoms with van der Waals surface area (Å²) < 4.78 is 0. The monoisotopic (exact) mass is 413 g/mol. The normalized spacial score (nSPS) is 18.7. The van der Waals surface area contributed by atoms with Crippen LogP contribution in [-0.2, 0) is 11.2 Å². The average molecular weight is 414 g/mol. The molecule has 0 bridgehead atoms. The SMILES string of the molecule is Cc1nc(NC(=O)N2CCCC2C(N)=O)sc1-c1ccc2c(c1)CCN(C)C2=O. The molecule has 8 nitrogen and oxygen atoms in total.